The molecule has 26 heavy (non-hydrogen) atoms. The number of halogens is 1. The molecule has 0 aliphatic carbocycles. The minimum Gasteiger partial charge on any atom is -0.354 e. The van der Waals surface area contributed by atoms with E-state index < -0.39 is 6.04 Å². The average molecular weight is 455 g/mol. The van der Waals surface area contributed by atoms with Crippen LogP contribution in [0.5, 0.6) is 0 Å². The number of nitrogens with one attached hydrogen (secondary N) is 3. The molecule has 2 saturated heterocycles. The number of thiazole rings is 1. The van der Waals surface area contributed by atoms with E-state index in [1.807, 2.05) is 16.8 Å². The van der Waals surface area contributed by atoms with Gasteiger partial charge in [-0.25, -0.2) is 4.98 Å². The first-order valence-corrected chi connectivity index (χ1v) is 11.1. The molecule has 3 N–H and O–H groups in total. The third-order valence-electron chi connectivity index (χ3n) is 5.07. The third-order valence-corrected chi connectivity index (χ3v) is 7.82. The summed E-state index contributed by atoms with van der Waals surface area (Å²) in [5.41, 5.74) is 0.582. The molecule has 6 nitrogen and oxygen atoms in total. The van der Waals surface area contributed by atoms with E-state index >= 15 is 0 Å². The van der Waals surface area contributed by atoms with Gasteiger partial charge in [0.05, 0.1) is 17.0 Å². The van der Waals surface area contributed by atoms with Gasteiger partial charge in [-0.3, -0.25) is 9.59 Å². The molecule has 2 aliphatic heterocycles. The van der Waals surface area contributed by atoms with Crippen LogP contribution < -0.4 is 16.0 Å². The summed E-state index contributed by atoms with van der Waals surface area (Å²) >= 11 is 6.60. The fourth-order valence-corrected chi connectivity index (χ4v) is 5.98. The van der Waals surface area contributed by atoms with Gasteiger partial charge in [-0.1, -0.05) is 0 Å². The fourth-order valence-electron chi connectivity index (χ4n) is 3.66. The van der Waals surface area contributed by atoms with Crippen molar-refractivity contribution in [3.05, 3.63) is 27.0 Å². The van der Waals surface area contributed by atoms with Crippen molar-refractivity contribution in [2.75, 3.05) is 19.6 Å². The summed E-state index contributed by atoms with van der Waals surface area (Å²) in [5, 5.41) is 14.1. The summed E-state index contributed by atoms with van der Waals surface area (Å²) in [6.07, 6.45) is 1.98. The Balaban J connectivity index is 1.42. The number of rotatable bonds is 4. The van der Waals surface area contributed by atoms with Crippen LogP contribution in [0.15, 0.2) is 21.3 Å². The van der Waals surface area contributed by atoms with Crippen molar-refractivity contribution in [1.29, 1.82) is 0 Å². The maximum Gasteiger partial charge on any atom is 0.243 e. The van der Waals surface area contributed by atoms with Gasteiger partial charge in [0.2, 0.25) is 11.8 Å². The van der Waals surface area contributed by atoms with Crippen LogP contribution >= 0.6 is 38.6 Å². The Hall–Kier alpha value is -1.29. The molecule has 0 bridgehead atoms. The van der Waals surface area contributed by atoms with Crippen molar-refractivity contribution in [2.45, 2.75) is 25.3 Å². The molecule has 2 aliphatic rings. The smallest absolute Gasteiger partial charge is 0.243 e. The lowest BCUT2D eigenvalue weighted by molar-refractivity contribution is -0.128. The summed E-state index contributed by atoms with van der Waals surface area (Å²) in [4.78, 5) is 30.5. The first kappa shape index (κ1) is 18.1. The van der Waals surface area contributed by atoms with Gasteiger partial charge in [-0.15, -0.1) is 22.7 Å². The highest BCUT2D eigenvalue weighted by Crippen LogP contribution is 2.36. The van der Waals surface area contributed by atoms with Crippen LogP contribution in [0, 0.1) is 5.41 Å². The summed E-state index contributed by atoms with van der Waals surface area (Å²) in [6, 6.07) is 1.58. The number of piperidine rings is 1. The summed E-state index contributed by atoms with van der Waals surface area (Å²) in [7, 11) is 0. The van der Waals surface area contributed by atoms with Gasteiger partial charge < -0.3 is 16.0 Å². The van der Waals surface area contributed by atoms with Crippen LogP contribution in [0.25, 0.3) is 9.88 Å². The highest BCUT2D eigenvalue weighted by atomic mass is 79.9. The first-order valence-electron chi connectivity index (χ1n) is 8.52. The topological polar surface area (TPSA) is 83.1 Å². The Morgan fingerprint density at radius 1 is 1.35 bits per heavy atom. The first-order chi connectivity index (χ1) is 12.6. The maximum atomic E-state index is 12.5. The van der Waals surface area contributed by atoms with E-state index in [2.05, 4.69) is 36.9 Å². The van der Waals surface area contributed by atoms with Crippen molar-refractivity contribution < 1.29 is 9.59 Å². The fraction of sp³-hybridized carbons (Fsp3) is 0.471. The highest BCUT2D eigenvalue weighted by molar-refractivity contribution is 9.10. The van der Waals surface area contributed by atoms with E-state index in [0.717, 1.165) is 46.0 Å². The predicted octanol–water partition coefficient (Wildman–Crippen LogP) is 2.16. The molecule has 2 fully saturated rings. The van der Waals surface area contributed by atoms with Gasteiger partial charge in [-0.2, -0.15) is 0 Å². The van der Waals surface area contributed by atoms with E-state index in [1.165, 1.54) is 11.3 Å². The van der Waals surface area contributed by atoms with E-state index in [-0.39, 0.29) is 23.7 Å². The van der Waals surface area contributed by atoms with Gasteiger partial charge in [0.25, 0.3) is 0 Å². The van der Waals surface area contributed by atoms with Crippen LogP contribution in [0.2, 0.25) is 0 Å². The molecule has 1 atom stereocenters. The molecule has 138 valence electrons. The Kier molecular flexibility index (Phi) is 5.13. The van der Waals surface area contributed by atoms with Crippen LogP contribution in [-0.2, 0) is 16.0 Å². The molecule has 4 heterocycles. The highest BCUT2D eigenvalue weighted by Gasteiger charge is 2.49. The Morgan fingerprint density at radius 3 is 2.88 bits per heavy atom. The van der Waals surface area contributed by atoms with Crippen LogP contribution in [0.1, 0.15) is 18.5 Å². The minimum absolute atomic E-state index is 0.0670. The van der Waals surface area contributed by atoms with Crippen molar-refractivity contribution in [3.63, 3.8) is 0 Å². The quantitative estimate of drug-likeness (QED) is 0.660. The second-order valence-corrected chi connectivity index (χ2v) is 9.47. The van der Waals surface area contributed by atoms with E-state index in [0.29, 0.717) is 6.54 Å². The summed E-state index contributed by atoms with van der Waals surface area (Å²) in [6.45, 7) is 2.41. The van der Waals surface area contributed by atoms with E-state index in [9.17, 15) is 9.59 Å². The molecule has 0 aromatic carbocycles. The van der Waals surface area contributed by atoms with Gasteiger partial charge in [0.1, 0.15) is 11.0 Å². The second kappa shape index (κ2) is 7.38. The molecule has 2 amide bonds. The molecule has 2 aromatic heterocycles. The molecule has 4 rings (SSSR count). The monoisotopic (exact) mass is 454 g/mol. The lowest BCUT2D eigenvalue weighted by atomic mass is 9.74. The number of nitrogens with zero attached hydrogens (tertiary/aromatic N) is 1. The zero-order chi connectivity index (χ0) is 18.1. The van der Waals surface area contributed by atoms with Crippen LogP contribution in [0.4, 0.5) is 0 Å². The van der Waals surface area contributed by atoms with Gasteiger partial charge in [0, 0.05) is 27.2 Å². The molecule has 1 spiro atoms. The molecule has 0 radical (unpaired) electrons. The Bertz CT molecular complexity index is 828. The maximum absolute atomic E-state index is 12.5. The number of aromatic nitrogens is 1. The average Bonchev–Trinajstić information content (AvgIpc) is 3.33. The molecular weight excluding hydrogens is 436 g/mol. The largest absolute Gasteiger partial charge is 0.354 e. The SMILES string of the molecule is O=C(Cc1csc(-c2cc(Br)cs2)n1)NC1C(=O)NCC12CCNCC2. The normalized spacial score (nSPS) is 21.7. The number of carbonyl (C=O) groups excluding carboxylic acids is 2. The molecule has 1 unspecified atom stereocenters. The number of carbonyl (C=O) groups is 2. The van der Waals surface area contributed by atoms with Crippen LogP contribution in [0.3, 0.4) is 0 Å². The number of amides is 2. The third kappa shape index (κ3) is 3.58. The number of thiophene rings is 1. The van der Waals surface area contributed by atoms with Crippen molar-refractivity contribution in [3.8, 4) is 9.88 Å². The lowest BCUT2D eigenvalue weighted by Crippen LogP contribution is -2.53. The summed E-state index contributed by atoms with van der Waals surface area (Å²) in [5.74, 6) is -0.211. The van der Waals surface area contributed by atoms with Crippen molar-refractivity contribution in [1.82, 2.24) is 20.9 Å². The molecule has 2 aromatic rings. The number of hydrogen-bond acceptors (Lipinski definition) is 6. The summed E-state index contributed by atoms with van der Waals surface area (Å²) < 4.78 is 1.03. The van der Waals surface area contributed by atoms with Gasteiger partial charge >= 0.3 is 0 Å². The standard InChI is InChI=1S/C17H19BrN4O2S2/c18-10-5-12(25-7-10)16-21-11(8-26-16)6-13(23)22-14-15(24)20-9-17(14)1-3-19-4-2-17/h5,7-8,14,19H,1-4,6,9H2,(H,20,24)(H,22,23). The van der Waals surface area contributed by atoms with Gasteiger partial charge in [-0.05, 0) is 47.9 Å². The Labute approximate surface area is 167 Å². The van der Waals surface area contributed by atoms with E-state index in [4.69, 9.17) is 0 Å². The van der Waals surface area contributed by atoms with Crippen molar-refractivity contribution in [2.24, 2.45) is 5.41 Å². The van der Waals surface area contributed by atoms with Crippen LogP contribution in [-0.4, -0.2) is 42.5 Å². The van der Waals surface area contributed by atoms with Gasteiger partial charge in [0.15, 0.2) is 0 Å². The minimum atomic E-state index is -0.441. The molecular formula is C17H19BrN4O2S2. The molecule has 0 saturated carbocycles. The van der Waals surface area contributed by atoms with E-state index in [1.54, 1.807) is 11.3 Å². The zero-order valence-corrected chi connectivity index (χ0v) is 17.2. The zero-order valence-electron chi connectivity index (χ0n) is 14.0. The molecule has 9 heteroatoms. The number of hydrogen-bond donors (Lipinski definition) is 3. The second-order valence-electron chi connectivity index (χ2n) is 6.78. The predicted molar refractivity (Wildman–Crippen MR) is 106 cm³/mol. The van der Waals surface area contributed by atoms with Crippen molar-refractivity contribution >= 4 is 50.4 Å². The Morgan fingerprint density at radius 2 is 2.15 bits per heavy atom. The lowest BCUT2D eigenvalue weighted by Gasteiger charge is -2.37.